The van der Waals surface area contributed by atoms with Crippen LogP contribution in [0.2, 0.25) is 0 Å². The van der Waals surface area contributed by atoms with E-state index in [9.17, 15) is 0 Å². The van der Waals surface area contributed by atoms with Crippen LogP contribution >= 0.6 is 0 Å². The Morgan fingerprint density at radius 2 is 1.14 bits per heavy atom. The lowest BCUT2D eigenvalue weighted by Gasteiger charge is -2.31. The Morgan fingerprint density at radius 1 is 0.540 bits per heavy atom. The van der Waals surface area contributed by atoms with Gasteiger partial charge >= 0.3 is 0 Å². The summed E-state index contributed by atoms with van der Waals surface area (Å²) in [6, 6.07) is 59.1. The molecule has 0 radical (unpaired) electrons. The van der Waals surface area contributed by atoms with Crippen molar-refractivity contribution < 1.29 is 0 Å². The summed E-state index contributed by atoms with van der Waals surface area (Å²) in [5.74, 6) is 0.994. The van der Waals surface area contributed by atoms with Crippen molar-refractivity contribution in [3.05, 3.63) is 186 Å². The van der Waals surface area contributed by atoms with Gasteiger partial charge in [-0.25, -0.2) is 4.99 Å². The first-order valence-electron chi connectivity index (χ1n) is 17.4. The molecule has 0 saturated carbocycles. The first-order valence-corrected chi connectivity index (χ1v) is 17.4. The summed E-state index contributed by atoms with van der Waals surface area (Å²) in [5.41, 5.74) is 12.8. The van der Waals surface area contributed by atoms with Crippen molar-refractivity contribution in [1.82, 2.24) is 9.88 Å². The van der Waals surface area contributed by atoms with Crippen LogP contribution in [-0.4, -0.2) is 10.4 Å². The molecule has 0 spiro atoms. The number of allylic oxidation sites excluding steroid dienone is 1. The quantitative estimate of drug-likeness (QED) is 0.204. The maximum atomic E-state index is 5.74. The molecule has 1 N–H and O–H groups in total. The molecule has 1 unspecified atom stereocenters. The molecule has 1 atom stereocenters. The SMILES string of the molecule is CC1(C)C2=C(NC(c3ccccc3)C(n3c4ccccc4c4cc5ccccc5cc43)=N2)c2ccc(-c3ccc(-c4ccccc4)cc3)cc21. The molecule has 2 aliphatic rings. The molecule has 1 aromatic heterocycles. The van der Waals surface area contributed by atoms with Gasteiger partial charge in [0.25, 0.3) is 0 Å². The fraction of sp³-hybridized carbons (Fsp3) is 0.0851. The zero-order valence-electron chi connectivity index (χ0n) is 28.1. The highest BCUT2D eigenvalue weighted by atomic mass is 15.2. The zero-order valence-corrected chi connectivity index (χ0v) is 28.1. The van der Waals surface area contributed by atoms with E-state index < -0.39 is 0 Å². The Kier molecular flexibility index (Phi) is 6.28. The highest BCUT2D eigenvalue weighted by molar-refractivity contribution is 6.18. The number of aliphatic imine (C=N–C) groups is 1. The molecule has 1 aliphatic heterocycles. The van der Waals surface area contributed by atoms with Crippen molar-refractivity contribution in [3.63, 3.8) is 0 Å². The number of hydrogen-bond donors (Lipinski definition) is 1. The molecular weight excluding hydrogens is 607 g/mol. The third-order valence-corrected chi connectivity index (χ3v) is 10.8. The van der Waals surface area contributed by atoms with Crippen LogP contribution < -0.4 is 5.32 Å². The van der Waals surface area contributed by atoms with E-state index in [4.69, 9.17) is 4.99 Å². The predicted molar refractivity (Wildman–Crippen MR) is 209 cm³/mol. The Hall–Kier alpha value is -6.19. The van der Waals surface area contributed by atoms with E-state index in [0.717, 1.165) is 22.7 Å². The summed E-state index contributed by atoms with van der Waals surface area (Å²) in [6.07, 6.45) is 0. The number of nitrogens with one attached hydrogen (secondary N) is 1. The third-order valence-electron chi connectivity index (χ3n) is 10.8. The topological polar surface area (TPSA) is 29.3 Å². The highest BCUT2D eigenvalue weighted by Crippen LogP contribution is 2.50. The molecule has 0 saturated heterocycles. The fourth-order valence-corrected chi connectivity index (χ4v) is 8.20. The van der Waals surface area contributed by atoms with E-state index >= 15 is 0 Å². The number of rotatable bonds is 3. The lowest BCUT2D eigenvalue weighted by molar-refractivity contribution is 0.619. The van der Waals surface area contributed by atoms with E-state index in [-0.39, 0.29) is 11.5 Å². The molecule has 3 heteroatoms. The largest absolute Gasteiger partial charge is 0.370 e. The molecule has 8 aromatic rings. The third kappa shape index (κ3) is 4.33. The molecular formula is C47H35N3. The molecule has 0 bridgehead atoms. The number of aromatic nitrogens is 1. The maximum absolute atomic E-state index is 5.74. The normalized spacial score (nSPS) is 16.4. The minimum Gasteiger partial charge on any atom is -0.370 e. The van der Waals surface area contributed by atoms with Gasteiger partial charge in [-0.3, -0.25) is 4.57 Å². The molecule has 0 amide bonds. The molecule has 10 rings (SSSR count). The van der Waals surface area contributed by atoms with Gasteiger partial charge in [0, 0.05) is 21.8 Å². The highest BCUT2D eigenvalue weighted by Gasteiger charge is 2.43. The number of hydrogen-bond acceptors (Lipinski definition) is 2. The van der Waals surface area contributed by atoms with Crippen LogP contribution in [0.4, 0.5) is 0 Å². The monoisotopic (exact) mass is 641 g/mol. The van der Waals surface area contributed by atoms with Crippen molar-refractivity contribution >= 4 is 44.1 Å². The van der Waals surface area contributed by atoms with Gasteiger partial charge < -0.3 is 5.32 Å². The van der Waals surface area contributed by atoms with Gasteiger partial charge in [-0.1, -0.05) is 153 Å². The average molecular weight is 642 g/mol. The lowest BCUT2D eigenvalue weighted by Crippen LogP contribution is -2.36. The summed E-state index contributed by atoms with van der Waals surface area (Å²) in [4.78, 5) is 5.74. The maximum Gasteiger partial charge on any atom is 0.141 e. The van der Waals surface area contributed by atoms with Gasteiger partial charge in [0.1, 0.15) is 11.9 Å². The van der Waals surface area contributed by atoms with Crippen LogP contribution in [0, 0.1) is 0 Å². The van der Waals surface area contributed by atoms with Crippen molar-refractivity contribution in [2.24, 2.45) is 4.99 Å². The van der Waals surface area contributed by atoms with Crippen LogP contribution in [0.15, 0.2) is 174 Å². The van der Waals surface area contributed by atoms with Gasteiger partial charge in [-0.05, 0) is 68.4 Å². The van der Waals surface area contributed by atoms with Crippen LogP contribution in [0.25, 0.3) is 60.5 Å². The molecule has 238 valence electrons. The van der Waals surface area contributed by atoms with Crippen molar-refractivity contribution in [2.75, 3.05) is 0 Å². The fourth-order valence-electron chi connectivity index (χ4n) is 8.20. The second kappa shape index (κ2) is 10.9. The van der Waals surface area contributed by atoms with Crippen molar-refractivity contribution in [1.29, 1.82) is 0 Å². The van der Waals surface area contributed by atoms with Crippen LogP contribution in [0.1, 0.15) is 36.6 Å². The molecule has 50 heavy (non-hydrogen) atoms. The molecule has 0 fully saturated rings. The number of nitrogens with zero attached hydrogens (tertiary/aromatic N) is 2. The van der Waals surface area contributed by atoms with E-state index in [1.807, 2.05) is 0 Å². The second-order valence-corrected chi connectivity index (χ2v) is 14.1. The Balaban J connectivity index is 1.14. The first kappa shape index (κ1) is 28.8. The Morgan fingerprint density at radius 3 is 1.90 bits per heavy atom. The van der Waals surface area contributed by atoms with E-state index in [1.54, 1.807) is 0 Å². The predicted octanol–water partition coefficient (Wildman–Crippen LogP) is 11.5. The minimum absolute atomic E-state index is 0.146. The van der Waals surface area contributed by atoms with Gasteiger partial charge in [-0.2, -0.15) is 0 Å². The average Bonchev–Trinajstić information content (AvgIpc) is 3.61. The molecule has 1 aliphatic carbocycles. The molecule has 2 heterocycles. The van der Waals surface area contributed by atoms with Gasteiger partial charge in [0.2, 0.25) is 0 Å². The van der Waals surface area contributed by atoms with Crippen molar-refractivity contribution in [2.45, 2.75) is 25.3 Å². The smallest absolute Gasteiger partial charge is 0.141 e. The number of fused-ring (bicyclic) bond motifs is 6. The van der Waals surface area contributed by atoms with Crippen LogP contribution in [-0.2, 0) is 5.41 Å². The zero-order chi connectivity index (χ0) is 33.4. The van der Waals surface area contributed by atoms with Crippen molar-refractivity contribution in [3.8, 4) is 22.3 Å². The minimum atomic E-state index is -0.310. The summed E-state index contributed by atoms with van der Waals surface area (Å²) < 4.78 is 2.41. The standard InChI is InChI=1S/C47H35N3/c1-47(2)40-28-36(32-23-21-31(22-24-32)30-13-5-3-6-14-30)25-26-38(40)44-45(47)49-46(43(48-44)33-15-7-4-8-16-33)50-41-20-12-11-19-37(41)39-27-34-17-9-10-18-35(34)29-42(39)50/h3-29,43,48H,1-2H3. The first-order chi connectivity index (χ1) is 24.5. The molecule has 7 aromatic carbocycles. The number of benzene rings is 7. The Bertz CT molecular complexity index is 2680. The summed E-state index contributed by atoms with van der Waals surface area (Å²) >= 11 is 0. The van der Waals surface area contributed by atoms with Gasteiger partial charge in [0.05, 0.1) is 22.4 Å². The van der Waals surface area contributed by atoms with E-state index in [1.165, 1.54) is 66.0 Å². The summed E-state index contributed by atoms with van der Waals surface area (Å²) in [5, 5.41) is 9.01. The second-order valence-electron chi connectivity index (χ2n) is 14.1. The molecule has 3 nitrogen and oxygen atoms in total. The van der Waals surface area contributed by atoms with Gasteiger partial charge in [-0.15, -0.1) is 0 Å². The summed E-state index contributed by atoms with van der Waals surface area (Å²) in [6.45, 7) is 4.64. The lowest BCUT2D eigenvalue weighted by atomic mass is 9.83. The number of para-hydroxylation sites is 1. The van der Waals surface area contributed by atoms with Crippen LogP contribution in [0.5, 0.6) is 0 Å². The van der Waals surface area contributed by atoms with E-state index in [2.05, 4.69) is 188 Å². The summed E-state index contributed by atoms with van der Waals surface area (Å²) in [7, 11) is 0. The van der Waals surface area contributed by atoms with Crippen LogP contribution in [0.3, 0.4) is 0 Å². The van der Waals surface area contributed by atoms with Gasteiger partial charge in [0.15, 0.2) is 0 Å². The Labute approximate surface area is 291 Å². The van der Waals surface area contributed by atoms with E-state index in [0.29, 0.717) is 0 Å².